The Hall–Kier alpha value is -6.18. The molecule has 1 N–H and O–H groups in total. The van der Waals surface area contributed by atoms with Crippen LogP contribution in [0.3, 0.4) is 0 Å². The first-order chi connectivity index (χ1) is 23.5. The van der Waals surface area contributed by atoms with Gasteiger partial charge in [-0.25, -0.2) is 0 Å². The van der Waals surface area contributed by atoms with Crippen molar-refractivity contribution >= 4 is 33.2 Å². The maximum atomic E-state index is 9.61. The number of rotatable bonds is 4. The van der Waals surface area contributed by atoms with Crippen molar-refractivity contribution in [3.63, 3.8) is 0 Å². The summed E-state index contributed by atoms with van der Waals surface area (Å²) >= 11 is 0. The van der Waals surface area contributed by atoms with Gasteiger partial charge in [-0.05, 0) is 64.2 Å². The van der Waals surface area contributed by atoms with Crippen LogP contribution in [-0.4, -0.2) is 10.3 Å². The molecule has 0 radical (unpaired) electrons. The molecule has 0 fully saturated rings. The van der Waals surface area contributed by atoms with Crippen molar-refractivity contribution in [1.29, 1.82) is 5.26 Å². The molecule has 48 heavy (non-hydrogen) atoms. The molecule has 2 aliphatic rings. The third-order valence-corrected chi connectivity index (χ3v) is 10.0. The Balaban J connectivity index is 1.25. The van der Waals surface area contributed by atoms with Crippen LogP contribution >= 0.6 is 0 Å². The van der Waals surface area contributed by atoms with Gasteiger partial charge in [-0.15, -0.1) is 0 Å². The van der Waals surface area contributed by atoms with E-state index >= 15 is 0 Å². The first-order valence-corrected chi connectivity index (χ1v) is 16.4. The van der Waals surface area contributed by atoms with Crippen molar-refractivity contribution in [2.75, 3.05) is 0 Å². The Bertz CT molecular complexity index is 2520. The minimum absolute atomic E-state index is 0.0938. The molecule has 1 atom stereocenters. The highest BCUT2D eigenvalue weighted by Crippen LogP contribution is 2.52. The van der Waals surface area contributed by atoms with Crippen LogP contribution in [0.25, 0.3) is 44.3 Å². The van der Waals surface area contributed by atoms with Gasteiger partial charge in [0.25, 0.3) is 0 Å². The third kappa shape index (κ3) is 4.25. The SMILES string of the molecule is CC1(C)c2ccccc2-c2c1ccc1c3ccccc3n(-c3cccc(C4N=C(c5cccc(C#N)c5)C=C(c5ccccc5)N4)c3)c21. The molecular weight excluding hydrogens is 585 g/mol. The highest BCUT2D eigenvalue weighted by atomic mass is 15.1. The second-order valence-electron chi connectivity index (χ2n) is 13.2. The molecule has 6 aromatic carbocycles. The van der Waals surface area contributed by atoms with Crippen LogP contribution in [0.5, 0.6) is 0 Å². The number of hydrogen-bond acceptors (Lipinski definition) is 3. The van der Waals surface area contributed by atoms with Crippen molar-refractivity contribution in [1.82, 2.24) is 9.88 Å². The van der Waals surface area contributed by atoms with E-state index in [9.17, 15) is 5.26 Å². The topological polar surface area (TPSA) is 53.1 Å². The monoisotopic (exact) mass is 616 g/mol. The van der Waals surface area contributed by atoms with Gasteiger partial charge in [0.05, 0.1) is 28.4 Å². The number of benzene rings is 6. The molecule has 1 aliphatic carbocycles. The fourth-order valence-corrected chi connectivity index (χ4v) is 7.73. The van der Waals surface area contributed by atoms with Gasteiger partial charge in [0, 0.05) is 38.7 Å². The smallest absolute Gasteiger partial charge is 0.145 e. The van der Waals surface area contributed by atoms with E-state index in [4.69, 9.17) is 4.99 Å². The van der Waals surface area contributed by atoms with E-state index in [-0.39, 0.29) is 11.6 Å². The molecule has 1 unspecified atom stereocenters. The standard InChI is InChI=1S/C44H32N4/c1-44(2)36-20-8-6-19-35(36)41-37(44)23-22-34-33-18-7-9-21-40(33)48(42(34)41)32-17-11-16-31(25-32)43-46-38(29-13-4-3-5-14-29)26-39(47-43)30-15-10-12-28(24-30)27-45/h3-26,43,46H,1-2H3. The first-order valence-electron chi connectivity index (χ1n) is 16.4. The van der Waals surface area contributed by atoms with Crippen molar-refractivity contribution in [3.05, 3.63) is 179 Å². The molecule has 1 aliphatic heterocycles. The second-order valence-corrected chi connectivity index (χ2v) is 13.2. The predicted octanol–water partition coefficient (Wildman–Crippen LogP) is 10.1. The van der Waals surface area contributed by atoms with Crippen molar-refractivity contribution in [2.45, 2.75) is 25.4 Å². The van der Waals surface area contributed by atoms with Gasteiger partial charge in [-0.1, -0.05) is 123 Å². The Morgan fingerprint density at radius 3 is 2.35 bits per heavy atom. The van der Waals surface area contributed by atoms with Gasteiger partial charge in [0.15, 0.2) is 0 Å². The van der Waals surface area contributed by atoms with Crippen molar-refractivity contribution in [3.8, 4) is 22.9 Å². The summed E-state index contributed by atoms with van der Waals surface area (Å²) in [6.45, 7) is 4.68. The summed E-state index contributed by atoms with van der Waals surface area (Å²) in [6, 6.07) is 51.3. The highest BCUT2D eigenvalue weighted by Gasteiger charge is 2.37. The molecule has 0 bridgehead atoms. The largest absolute Gasteiger partial charge is 0.360 e. The van der Waals surface area contributed by atoms with Crippen LogP contribution in [0.4, 0.5) is 0 Å². The first kappa shape index (κ1) is 28.1. The molecule has 4 heteroatoms. The average molecular weight is 617 g/mol. The maximum Gasteiger partial charge on any atom is 0.145 e. The predicted molar refractivity (Wildman–Crippen MR) is 196 cm³/mol. The van der Waals surface area contributed by atoms with Crippen LogP contribution in [0.2, 0.25) is 0 Å². The van der Waals surface area contributed by atoms with Crippen LogP contribution in [0.15, 0.2) is 151 Å². The number of nitrogens with one attached hydrogen (secondary N) is 1. The number of fused-ring (bicyclic) bond motifs is 7. The molecule has 9 rings (SSSR count). The lowest BCUT2D eigenvalue weighted by atomic mass is 9.82. The van der Waals surface area contributed by atoms with Gasteiger partial charge in [-0.2, -0.15) is 5.26 Å². The average Bonchev–Trinajstić information content (AvgIpc) is 3.60. The molecule has 4 nitrogen and oxygen atoms in total. The summed E-state index contributed by atoms with van der Waals surface area (Å²) in [5.41, 5.74) is 14.3. The molecular formula is C44H32N4. The van der Waals surface area contributed by atoms with E-state index in [1.807, 2.05) is 30.3 Å². The zero-order valence-corrected chi connectivity index (χ0v) is 26.8. The number of nitriles is 1. The molecule has 0 spiro atoms. The maximum absolute atomic E-state index is 9.61. The zero-order valence-electron chi connectivity index (χ0n) is 26.8. The van der Waals surface area contributed by atoms with E-state index in [2.05, 4.69) is 145 Å². The molecule has 2 heterocycles. The van der Waals surface area contributed by atoms with Gasteiger partial charge in [0.1, 0.15) is 6.17 Å². The Labute approximate surface area is 279 Å². The summed E-state index contributed by atoms with van der Waals surface area (Å²) in [5, 5.41) is 15.8. The van der Waals surface area contributed by atoms with E-state index in [0.29, 0.717) is 5.56 Å². The van der Waals surface area contributed by atoms with Gasteiger partial charge in [-0.3, -0.25) is 4.99 Å². The fourth-order valence-electron chi connectivity index (χ4n) is 7.73. The molecule has 228 valence electrons. The Kier molecular flexibility index (Phi) is 6.25. The number of allylic oxidation sites excluding steroid dienone is 1. The minimum atomic E-state index is -0.329. The van der Waals surface area contributed by atoms with Gasteiger partial charge >= 0.3 is 0 Å². The van der Waals surface area contributed by atoms with Crippen LogP contribution < -0.4 is 5.32 Å². The third-order valence-electron chi connectivity index (χ3n) is 10.0. The number of aliphatic imine (C=N–C) groups is 1. The lowest BCUT2D eigenvalue weighted by Gasteiger charge is -2.25. The van der Waals surface area contributed by atoms with E-state index < -0.39 is 0 Å². The fraction of sp³-hybridized carbons (Fsp3) is 0.0909. The summed E-state index contributed by atoms with van der Waals surface area (Å²) in [7, 11) is 0. The molecule has 0 saturated carbocycles. The van der Waals surface area contributed by atoms with E-state index in [0.717, 1.165) is 33.8 Å². The Morgan fingerprint density at radius 2 is 1.48 bits per heavy atom. The quantitative estimate of drug-likeness (QED) is 0.214. The number of nitrogens with zero attached hydrogens (tertiary/aromatic N) is 3. The number of aromatic nitrogens is 1. The van der Waals surface area contributed by atoms with Crippen molar-refractivity contribution in [2.24, 2.45) is 4.99 Å². The molecule has 0 saturated heterocycles. The lowest BCUT2D eigenvalue weighted by molar-refractivity contribution is 0.660. The Morgan fingerprint density at radius 1 is 0.708 bits per heavy atom. The molecule has 1 aromatic heterocycles. The number of hydrogen-bond donors (Lipinski definition) is 1. The summed E-state index contributed by atoms with van der Waals surface area (Å²) in [6.07, 6.45) is 1.76. The van der Waals surface area contributed by atoms with E-state index in [1.54, 1.807) is 0 Å². The minimum Gasteiger partial charge on any atom is -0.360 e. The molecule has 0 amide bonds. The van der Waals surface area contributed by atoms with Crippen LogP contribution in [0.1, 0.15) is 53.4 Å². The van der Waals surface area contributed by atoms with E-state index in [1.165, 1.54) is 44.1 Å². The van der Waals surface area contributed by atoms with Crippen LogP contribution in [-0.2, 0) is 5.41 Å². The summed E-state index contributed by atoms with van der Waals surface area (Å²) < 4.78 is 2.45. The zero-order chi connectivity index (χ0) is 32.4. The summed E-state index contributed by atoms with van der Waals surface area (Å²) in [5.74, 6) is 0. The molecule has 7 aromatic rings. The number of para-hydroxylation sites is 1. The second kappa shape index (κ2) is 10.7. The normalized spacial score (nSPS) is 16.1. The van der Waals surface area contributed by atoms with Gasteiger partial charge < -0.3 is 9.88 Å². The van der Waals surface area contributed by atoms with Gasteiger partial charge in [0.2, 0.25) is 0 Å². The summed E-state index contributed by atoms with van der Waals surface area (Å²) in [4.78, 5) is 5.24. The van der Waals surface area contributed by atoms with Crippen LogP contribution in [0, 0.1) is 11.3 Å². The highest BCUT2D eigenvalue weighted by molar-refractivity contribution is 6.16. The van der Waals surface area contributed by atoms with Crippen molar-refractivity contribution < 1.29 is 0 Å². The lowest BCUT2D eigenvalue weighted by Crippen LogP contribution is -2.25.